The molecule has 0 aliphatic heterocycles. The molecule has 2 aromatic heterocycles. The predicted octanol–water partition coefficient (Wildman–Crippen LogP) is 3.59. The van der Waals surface area contributed by atoms with Gasteiger partial charge in [-0.1, -0.05) is 37.3 Å². The molecule has 5 nitrogen and oxygen atoms in total. The van der Waals surface area contributed by atoms with E-state index < -0.39 is 0 Å². The third kappa shape index (κ3) is 3.11. The third-order valence-electron chi connectivity index (χ3n) is 4.64. The van der Waals surface area contributed by atoms with E-state index in [1.54, 1.807) is 0 Å². The predicted molar refractivity (Wildman–Crippen MR) is 92.8 cm³/mol. The van der Waals surface area contributed by atoms with Crippen LogP contribution in [0.5, 0.6) is 0 Å². The summed E-state index contributed by atoms with van der Waals surface area (Å²) in [5.41, 5.74) is 1.33. The fourth-order valence-corrected chi connectivity index (χ4v) is 3.13. The smallest absolute Gasteiger partial charge is 0.154 e. The molecule has 0 unspecified atom stereocenters. The molecule has 0 N–H and O–H groups in total. The first-order valence-electron chi connectivity index (χ1n) is 8.83. The maximum Gasteiger partial charge on any atom is 0.154 e. The van der Waals surface area contributed by atoms with E-state index in [0.717, 1.165) is 31.0 Å². The number of aryl methyl sites for hydroxylation is 2. The van der Waals surface area contributed by atoms with E-state index in [0.29, 0.717) is 5.92 Å². The van der Waals surface area contributed by atoms with Crippen molar-refractivity contribution in [3.05, 3.63) is 66.0 Å². The second kappa shape index (κ2) is 6.59. The second-order valence-corrected chi connectivity index (χ2v) is 6.47. The number of benzene rings is 1. The number of rotatable bonds is 7. The maximum atomic E-state index is 4.90. The Bertz CT molecular complexity index is 771. The molecule has 4 rings (SSSR count). The van der Waals surface area contributed by atoms with Crippen LogP contribution in [0.2, 0.25) is 0 Å². The highest BCUT2D eigenvalue weighted by Crippen LogP contribution is 2.38. The Morgan fingerprint density at radius 3 is 2.67 bits per heavy atom. The Morgan fingerprint density at radius 2 is 2.00 bits per heavy atom. The molecular formula is C19H23N5. The highest BCUT2D eigenvalue weighted by Gasteiger charge is 2.30. The van der Waals surface area contributed by atoms with Gasteiger partial charge in [-0.2, -0.15) is 10.2 Å². The molecule has 0 amide bonds. The van der Waals surface area contributed by atoms with Crippen molar-refractivity contribution in [3.8, 4) is 0 Å². The minimum Gasteiger partial charge on any atom is -0.262 e. The summed E-state index contributed by atoms with van der Waals surface area (Å²) in [7, 11) is 0. The largest absolute Gasteiger partial charge is 0.262 e. The van der Waals surface area contributed by atoms with Gasteiger partial charge in [0.15, 0.2) is 11.6 Å². The maximum absolute atomic E-state index is 4.90. The fourth-order valence-electron chi connectivity index (χ4n) is 3.13. The summed E-state index contributed by atoms with van der Waals surface area (Å²) in [6.45, 7) is 3.04. The molecule has 5 heteroatoms. The van der Waals surface area contributed by atoms with Gasteiger partial charge in [-0.3, -0.25) is 4.68 Å². The molecule has 0 spiro atoms. The fraction of sp³-hybridized carbons (Fsp3) is 0.421. The Hall–Kier alpha value is -2.43. The van der Waals surface area contributed by atoms with Crippen LogP contribution in [0.15, 0.2) is 48.8 Å². The Labute approximate surface area is 142 Å². The van der Waals surface area contributed by atoms with Gasteiger partial charge in [0.05, 0.1) is 0 Å². The molecule has 1 aromatic carbocycles. The van der Waals surface area contributed by atoms with Crippen molar-refractivity contribution in [1.29, 1.82) is 0 Å². The topological polar surface area (TPSA) is 48.5 Å². The third-order valence-corrected chi connectivity index (χ3v) is 4.64. The van der Waals surface area contributed by atoms with Crippen molar-refractivity contribution in [2.24, 2.45) is 0 Å². The molecule has 2 heterocycles. The van der Waals surface area contributed by atoms with Gasteiger partial charge in [-0.15, -0.1) is 0 Å². The summed E-state index contributed by atoms with van der Waals surface area (Å²) in [4.78, 5) is 4.90. The van der Waals surface area contributed by atoms with Crippen molar-refractivity contribution in [2.75, 3.05) is 0 Å². The van der Waals surface area contributed by atoms with Crippen LogP contribution in [-0.2, 0) is 13.0 Å². The first kappa shape index (κ1) is 15.1. The minimum absolute atomic E-state index is 0.149. The Kier molecular flexibility index (Phi) is 4.15. The normalized spacial score (nSPS) is 15.5. The zero-order valence-electron chi connectivity index (χ0n) is 14.0. The molecule has 1 atom stereocenters. The zero-order valence-corrected chi connectivity index (χ0v) is 14.0. The molecule has 0 radical (unpaired) electrons. The molecule has 1 saturated carbocycles. The SMILES string of the molecule is CC[C@@H](c1nc(C2CC2)nn1CCc1ccccc1)n1cccn1. The lowest BCUT2D eigenvalue weighted by molar-refractivity contribution is 0.445. The van der Waals surface area contributed by atoms with Crippen LogP contribution >= 0.6 is 0 Å². The standard InChI is InChI=1S/C19H23N5/c1-2-17(23-13-6-12-20-23)19-21-18(16-9-10-16)22-24(19)14-11-15-7-4-3-5-8-15/h3-8,12-13,16-17H,2,9-11,14H2,1H3/t17-/m0/s1. The van der Waals surface area contributed by atoms with Crippen molar-refractivity contribution < 1.29 is 0 Å². The van der Waals surface area contributed by atoms with E-state index in [1.807, 2.05) is 23.1 Å². The first-order valence-corrected chi connectivity index (χ1v) is 8.83. The van der Waals surface area contributed by atoms with Crippen molar-refractivity contribution in [1.82, 2.24) is 24.5 Å². The molecule has 0 bridgehead atoms. The number of hydrogen-bond acceptors (Lipinski definition) is 3. The van der Waals surface area contributed by atoms with Gasteiger partial charge < -0.3 is 0 Å². The van der Waals surface area contributed by atoms with Gasteiger partial charge in [0.25, 0.3) is 0 Å². The summed E-state index contributed by atoms with van der Waals surface area (Å²) >= 11 is 0. The van der Waals surface area contributed by atoms with Gasteiger partial charge in [-0.05, 0) is 37.3 Å². The lowest BCUT2D eigenvalue weighted by Gasteiger charge is -2.16. The van der Waals surface area contributed by atoms with Crippen LogP contribution in [0.1, 0.15) is 55.4 Å². The van der Waals surface area contributed by atoms with E-state index in [4.69, 9.17) is 10.1 Å². The van der Waals surface area contributed by atoms with E-state index in [-0.39, 0.29) is 6.04 Å². The monoisotopic (exact) mass is 321 g/mol. The molecule has 24 heavy (non-hydrogen) atoms. The number of hydrogen-bond donors (Lipinski definition) is 0. The van der Waals surface area contributed by atoms with Crippen LogP contribution in [0.4, 0.5) is 0 Å². The van der Waals surface area contributed by atoms with Crippen LogP contribution < -0.4 is 0 Å². The lowest BCUT2D eigenvalue weighted by atomic mass is 10.1. The van der Waals surface area contributed by atoms with Crippen LogP contribution in [0, 0.1) is 0 Å². The second-order valence-electron chi connectivity index (χ2n) is 6.47. The van der Waals surface area contributed by atoms with Gasteiger partial charge in [0.2, 0.25) is 0 Å². The lowest BCUT2D eigenvalue weighted by Crippen LogP contribution is -2.18. The van der Waals surface area contributed by atoms with Crippen LogP contribution in [0.25, 0.3) is 0 Å². The quantitative estimate of drug-likeness (QED) is 0.668. The highest BCUT2D eigenvalue weighted by molar-refractivity contribution is 5.15. The zero-order chi connectivity index (χ0) is 16.4. The van der Waals surface area contributed by atoms with Crippen molar-refractivity contribution in [3.63, 3.8) is 0 Å². The highest BCUT2D eigenvalue weighted by atomic mass is 15.4. The van der Waals surface area contributed by atoms with E-state index in [2.05, 4.69) is 47.0 Å². The molecule has 3 aromatic rings. The van der Waals surface area contributed by atoms with E-state index in [1.165, 1.54) is 18.4 Å². The average molecular weight is 321 g/mol. The van der Waals surface area contributed by atoms with Crippen LogP contribution in [-0.4, -0.2) is 24.5 Å². The molecule has 1 aliphatic rings. The summed E-state index contributed by atoms with van der Waals surface area (Å²) in [6.07, 6.45) is 8.21. The number of nitrogens with zero attached hydrogens (tertiary/aromatic N) is 5. The summed E-state index contributed by atoms with van der Waals surface area (Å²) in [6, 6.07) is 12.7. The Balaban J connectivity index is 1.62. The van der Waals surface area contributed by atoms with Crippen molar-refractivity contribution >= 4 is 0 Å². The minimum atomic E-state index is 0.149. The first-order chi connectivity index (χ1) is 11.8. The summed E-state index contributed by atoms with van der Waals surface area (Å²) in [5, 5.41) is 9.26. The van der Waals surface area contributed by atoms with Gasteiger partial charge in [0, 0.05) is 24.9 Å². The van der Waals surface area contributed by atoms with Crippen molar-refractivity contribution in [2.45, 2.75) is 51.1 Å². The van der Waals surface area contributed by atoms with E-state index in [9.17, 15) is 0 Å². The summed E-state index contributed by atoms with van der Waals surface area (Å²) in [5.74, 6) is 2.62. The Morgan fingerprint density at radius 1 is 1.17 bits per heavy atom. The number of aromatic nitrogens is 5. The van der Waals surface area contributed by atoms with Gasteiger partial charge in [0.1, 0.15) is 6.04 Å². The van der Waals surface area contributed by atoms with E-state index >= 15 is 0 Å². The summed E-state index contributed by atoms with van der Waals surface area (Å²) < 4.78 is 4.11. The van der Waals surface area contributed by atoms with Gasteiger partial charge in [-0.25, -0.2) is 9.67 Å². The van der Waals surface area contributed by atoms with Crippen LogP contribution in [0.3, 0.4) is 0 Å². The molecule has 1 aliphatic carbocycles. The van der Waals surface area contributed by atoms with Gasteiger partial charge >= 0.3 is 0 Å². The molecule has 0 saturated heterocycles. The molecular weight excluding hydrogens is 298 g/mol. The molecule has 1 fully saturated rings. The average Bonchev–Trinajstić information content (AvgIpc) is 3.17. The molecule has 124 valence electrons.